The van der Waals surface area contributed by atoms with Crippen LogP contribution in [0.15, 0.2) is 12.1 Å². The maximum Gasteiger partial charge on any atom is 0.165 e. The predicted molar refractivity (Wildman–Crippen MR) is 76.4 cm³/mol. The molecule has 1 saturated heterocycles. The van der Waals surface area contributed by atoms with Crippen LogP contribution in [0, 0.1) is 11.2 Å². The summed E-state index contributed by atoms with van der Waals surface area (Å²) in [6.07, 6.45) is 6.96. The van der Waals surface area contributed by atoms with E-state index in [1.807, 2.05) is 0 Å². The van der Waals surface area contributed by atoms with Crippen LogP contribution in [-0.4, -0.2) is 17.7 Å². The maximum absolute atomic E-state index is 13.7. The molecule has 1 aliphatic heterocycles. The van der Waals surface area contributed by atoms with Gasteiger partial charge >= 0.3 is 0 Å². The Hall–Kier alpha value is -1.09. The van der Waals surface area contributed by atoms with Crippen molar-refractivity contribution in [2.45, 2.75) is 56.9 Å². The molecule has 1 aromatic carbocycles. The summed E-state index contributed by atoms with van der Waals surface area (Å²) in [7, 11) is 0. The van der Waals surface area contributed by atoms with Gasteiger partial charge in [-0.1, -0.05) is 19.8 Å². The topological polar surface area (TPSA) is 32.3 Å². The summed E-state index contributed by atoms with van der Waals surface area (Å²) in [5.41, 5.74) is 2.73. The van der Waals surface area contributed by atoms with Gasteiger partial charge in [-0.25, -0.2) is 4.39 Å². The quantitative estimate of drug-likeness (QED) is 0.761. The van der Waals surface area contributed by atoms with Gasteiger partial charge in [0.1, 0.15) is 0 Å². The maximum atomic E-state index is 13.7. The fourth-order valence-corrected chi connectivity index (χ4v) is 5.36. The number of aromatic hydroxyl groups is 1. The van der Waals surface area contributed by atoms with Crippen LogP contribution in [0.5, 0.6) is 5.75 Å². The predicted octanol–water partition coefficient (Wildman–Crippen LogP) is 3.27. The van der Waals surface area contributed by atoms with Crippen molar-refractivity contribution < 1.29 is 9.50 Å². The lowest BCUT2D eigenvalue weighted by molar-refractivity contribution is -0.0142. The number of phenolic OH excluding ortho intramolecular Hbond substituents is 1. The SMILES string of the molecule is C[C@]12CCCC[C@]13CCN[C@H]2Cc1cc(F)c(O)cc13. The molecular weight excluding hydrogens is 253 g/mol. The monoisotopic (exact) mass is 275 g/mol. The molecule has 2 nitrogen and oxygen atoms in total. The first-order chi connectivity index (χ1) is 9.57. The number of phenols is 1. The van der Waals surface area contributed by atoms with Crippen LogP contribution in [0.3, 0.4) is 0 Å². The Balaban J connectivity index is 1.97. The molecule has 0 spiro atoms. The summed E-state index contributed by atoms with van der Waals surface area (Å²) in [5.74, 6) is -0.652. The number of hydrogen-bond donors (Lipinski definition) is 2. The largest absolute Gasteiger partial charge is 0.505 e. The van der Waals surface area contributed by atoms with Crippen LogP contribution in [0.1, 0.15) is 50.2 Å². The lowest BCUT2D eigenvalue weighted by Crippen LogP contribution is -2.65. The van der Waals surface area contributed by atoms with E-state index in [-0.39, 0.29) is 16.6 Å². The first kappa shape index (κ1) is 12.6. The van der Waals surface area contributed by atoms with Crippen LogP contribution in [0.25, 0.3) is 0 Å². The van der Waals surface area contributed by atoms with Gasteiger partial charge in [0.25, 0.3) is 0 Å². The molecule has 2 N–H and O–H groups in total. The first-order valence-electron chi connectivity index (χ1n) is 7.82. The van der Waals surface area contributed by atoms with Gasteiger partial charge < -0.3 is 10.4 Å². The van der Waals surface area contributed by atoms with Gasteiger partial charge in [-0.2, -0.15) is 0 Å². The molecule has 0 aromatic heterocycles. The molecule has 3 heteroatoms. The van der Waals surface area contributed by atoms with E-state index in [4.69, 9.17) is 0 Å². The van der Waals surface area contributed by atoms with Crippen molar-refractivity contribution in [2.24, 2.45) is 5.41 Å². The van der Waals surface area contributed by atoms with E-state index >= 15 is 0 Å². The highest BCUT2D eigenvalue weighted by Crippen LogP contribution is 2.61. The lowest BCUT2D eigenvalue weighted by Gasteiger charge is -2.62. The highest BCUT2D eigenvalue weighted by atomic mass is 19.1. The third kappa shape index (κ3) is 1.37. The van der Waals surface area contributed by atoms with Crippen LogP contribution < -0.4 is 5.32 Å². The fraction of sp³-hybridized carbons (Fsp3) is 0.647. The van der Waals surface area contributed by atoms with Gasteiger partial charge in [-0.05, 0) is 60.9 Å². The average Bonchev–Trinajstić information content (AvgIpc) is 2.41. The summed E-state index contributed by atoms with van der Waals surface area (Å²) >= 11 is 0. The molecule has 1 saturated carbocycles. The van der Waals surface area contributed by atoms with E-state index in [0.29, 0.717) is 6.04 Å². The van der Waals surface area contributed by atoms with Crippen molar-refractivity contribution in [1.29, 1.82) is 0 Å². The van der Waals surface area contributed by atoms with E-state index < -0.39 is 5.82 Å². The molecule has 2 bridgehead atoms. The van der Waals surface area contributed by atoms with Crippen LogP contribution in [-0.2, 0) is 11.8 Å². The molecule has 0 amide bonds. The van der Waals surface area contributed by atoms with Gasteiger partial charge in [0.2, 0.25) is 0 Å². The van der Waals surface area contributed by atoms with Crippen molar-refractivity contribution in [1.82, 2.24) is 5.32 Å². The Kier molecular flexibility index (Phi) is 2.51. The van der Waals surface area contributed by atoms with E-state index in [1.165, 1.54) is 31.2 Å². The number of hydrogen-bond acceptors (Lipinski definition) is 2. The zero-order chi connectivity index (χ0) is 14.0. The number of benzene rings is 1. The second-order valence-electron chi connectivity index (χ2n) is 7.13. The minimum absolute atomic E-state index is 0.139. The van der Waals surface area contributed by atoms with Crippen LogP contribution >= 0.6 is 0 Å². The summed E-state index contributed by atoms with van der Waals surface area (Å²) in [6, 6.07) is 3.75. The van der Waals surface area contributed by atoms with Crippen molar-refractivity contribution in [3.63, 3.8) is 0 Å². The van der Waals surface area contributed by atoms with Crippen molar-refractivity contribution in [3.05, 3.63) is 29.1 Å². The number of piperidine rings is 1. The number of nitrogens with one attached hydrogen (secondary N) is 1. The Morgan fingerprint density at radius 2 is 2.05 bits per heavy atom. The van der Waals surface area contributed by atoms with Gasteiger partial charge in [0.15, 0.2) is 11.6 Å². The smallest absolute Gasteiger partial charge is 0.165 e. The second-order valence-corrected chi connectivity index (χ2v) is 7.13. The van der Waals surface area contributed by atoms with Gasteiger partial charge in [-0.15, -0.1) is 0 Å². The highest BCUT2D eigenvalue weighted by Gasteiger charge is 2.59. The Bertz CT molecular complexity index is 568. The summed E-state index contributed by atoms with van der Waals surface area (Å²) in [6.45, 7) is 3.45. The third-order valence-electron chi connectivity index (χ3n) is 6.47. The number of fused-ring (bicyclic) bond motifs is 1. The van der Waals surface area contributed by atoms with Gasteiger partial charge in [0, 0.05) is 11.5 Å². The molecule has 2 fully saturated rings. The first-order valence-corrected chi connectivity index (χ1v) is 7.82. The van der Waals surface area contributed by atoms with E-state index in [0.717, 1.165) is 24.9 Å². The second kappa shape index (κ2) is 3.97. The standard InChI is InChI=1S/C17H22FNO/c1-16-4-2-3-5-17(16)6-7-19-15(16)9-11-8-13(18)14(20)10-12(11)17/h8,10,15,19-20H,2-7,9H2,1H3/t15-,16+,17+/m0/s1. The number of rotatable bonds is 0. The molecule has 108 valence electrons. The third-order valence-corrected chi connectivity index (χ3v) is 6.47. The molecule has 0 unspecified atom stereocenters. The Labute approximate surface area is 119 Å². The molecular formula is C17H22FNO. The molecule has 0 radical (unpaired) electrons. The molecule has 2 aliphatic carbocycles. The normalized spacial score (nSPS) is 39.0. The van der Waals surface area contributed by atoms with Gasteiger partial charge in [-0.3, -0.25) is 0 Å². The Morgan fingerprint density at radius 1 is 1.25 bits per heavy atom. The summed E-state index contributed by atoms with van der Waals surface area (Å²) in [4.78, 5) is 0. The molecule has 1 heterocycles. The molecule has 20 heavy (non-hydrogen) atoms. The molecule has 1 aromatic rings. The molecule has 3 aliphatic rings. The van der Waals surface area contributed by atoms with E-state index in [9.17, 15) is 9.50 Å². The highest BCUT2D eigenvalue weighted by molar-refractivity contribution is 5.47. The zero-order valence-electron chi connectivity index (χ0n) is 12.0. The summed E-state index contributed by atoms with van der Waals surface area (Å²) in [5, 5.41) is 13.5. The van der Waals surface area contributed by atoms with Gasteiger partial charge in [0.05, 0.1) is 0 Å². The summed E-state index contributed by atoms with van der Waals surface area (Å²) < 4.78 is 13.7. The van der Waals surface area contributed by atoms with Crippen molar-refractivity contribution in [3.8, 4) is 5.75 Å². The van der Waals surface area contributed by atoms with E-state index in [1.54, 1.807) is 12.1 Å². The van der Waals surface area contributed by atoms with Crippen LogP contribution in [0.2, 0.25) is 0 Å². The minimum Gasteiger partial charge on any atom is -0.505 e. The molecule has 3 atom stereocenters. The van der Waals surface area contributed by atoms with Crippen LogP contribution in [0.4, 0.5) is 4.39 Å². The zero-order valence-corrected chi connectivity index (χ0v) is 12.0. The van der Waals surface area contributed by atoms with Crippen molar-refractivity contribution in [2.75, 3.05) is 6.54 Å². The minimum atomic E-state index is -0.474. The Morgan fingerprint density at radius 3 is 2.90 bits per heavy atom. The fourth-order valence-electron chi connectivity index (χ4n) is 5.36. The molecule has 4 rings (SSSR count). The lowest BCUT2D eigenvalue weighted by atomic mass is 9.45. The average molecular weight is 275 g/mol. The van der Waals surface area contributed by atoms with E-state index in [2.05, 4.69) is 12.2 Å². The number of halogens is 1. The van der Waals surface area contributed by atoms with Crippen molar-refractivity contribution >= 4 is 0 Å².